The van der Waals surface area contributed by atoms with Crippen molar-refractivity contribution in [2.24, 2.45) is 7.05 Å². The van der Waals surface area contributed by atoms with Crippen LogP contribution in [0.1, 0.15) is 43.4 Å². The Kier molecular flexibility index (Phi) is 5.27. The molecule has 0 aliphatic carbocycles. The lowest BCUT2D eigenvalue weighted by molar-refractivity contribution is 0.380. The van der Waals surface area contributed by atoms with Gasteiger partial charge in [0.05, 0.1) is 24.5 Å². The van der Waals surface area contributed by atoms with Crippen molar-refractivity contribution in [2.75, 3.05) is 13.7 Å². The van der Waals surface area contributed by atoms with Gasteiger partial charge in [-0.25, -0.2) is 4.98 Å². The minimum absolute atomic E-state index is 0.0774. The monoisotopic (exact) mass is 289 g/mol. The highest BCUT2D eigenvalue weighted by atomic mass is 16.5. The van der Waals surface area contributed by atoms with Crippen LogP contribution < -0.4 is 10.1 Å². The first-order valence-electron chi connectivity index (χ1n) is 7.32. The van der Waals surface area contributed by atoms with Gasteiger partial charge in [-0.1, -0.05) is 13.8 Å². The van der Waals surface area contributed by atoms with Crippen molar-refractivity contribution in [3.63, 3.8) is 0 Å². The minimum Gasteiger partial charge on any atom is -0.480 e. The average molecular weight is 289 g/mol. The van der Waals surface area contributed by atoms with Gasteiger partial charge < -0.3 is 10.1 Å². The van der Waals surface area contributed by atoms with Crippen molar-refractivity contribution in [3.8, 4) is 5.88 Å². The zero-order valence-electron chi connectivity index (χ0n) is 13.1. The number of methoxy groups -OCH3 is 1. The zero-order valence-corrected chi connectivity index (χ0v) is 13.1. The van der Waals surface area contributed by atoms with Crippen LogP contribution in [0.2, 0.25) is 0 Å². The number of aryl methyl sites for hydroxylation is 2. The first kappa shape index (κ1) is 15.4. The molecule has 1 atom stereocenters. The molecular formula is C15H23N5O. The van der Waals surface area contributed by atoms with Crippen molar-refractivity contribution in [3.05, 3.63) is 35.5 Å². The summed E-state index contributed by atoms with van der Waals surface area (Å²) in [6.45, 7) is 5.12. The Bertz CT molecular complexity index is 581. The highest BCUT2D eigenvalue weighted by Gasteiger charge is 2.23. The molecule has 0 bridgehead atoms. The number of ether oxygens (including phenoxy) is 1. The SMILES string of the molecule is CCCNC(c1nccnc1OC)c1cc(CC)nn1C. The molecule has 2 aromatic rings. The number of rotatable bonds is 7. The van der Waals surface area contributed by atoms with Gasteiger partial charge in [-0.15, -0.1) is 0 Å². The molecule has 6 heteroatoms. The Hall–Kier alpha value is -1.95. The van der Waals surface area contributed by atoms with Crippen LogP contribution in [0.15, 0.2) is 18.5 Å². The molecule has 114 valence electrons. The van der Waals surface area contributed by atoms with E-state index in [1.54, 1.807) is 19.5 Å². The number of nitrogens with one attached hydrogen (secondary N) is 1. The van der Waals surface area contributed by atoms with Crippen molar-refractivity contribution in [2.45, 2.75) is 32.7 Å². The normalized spacial score (nSPS) is 12.4. The summed E-state index contributed by atoms with van der Waals surface area (Å²) >= 11 is 0. The van der Waals surface area contributed by atoms with E-state index < -0.39 is 0 Å². The van der Waals surface area contributed by atoms with E-state index in [0.29, 0.717) is 5.88 Å². The number of hydrogen-bond acceptors (Lipinski definition) is 5. The van der Waals surface area contributed by atoms with Crippen LogP contribution in [0.5, 0.6) is 5.88 Å². The number of nitrogens with zero attached hydrogens (tertiary/aromatic N) is 4. The second kappa shape index (κ2) is 7.17. The van der Waals surface area contributed by atoms with Crippen LogP contribution in [0.25, 0.3) is 0 Å². The third kappa shape index (κ3) is 3.39. The lowest BCUT2D eigenvalue weighted by Crippen LogP contribution is -2.26. The molecule has 6 nitrogen and oxygen atoms in total. The summed E-state index contributed by atoms with van der Waals surface area (Å²) < 4.78 is 7.26. The van der Waals surface area contributed by atoms with Gasteiger partial charge in [-0.3, -0.25) is 9.67 Å². The summed E-state index contributed by atoms with van der Waals surface area (Å²) in [7, 11) is 3.57. The molecule has 0 aliphatic rings. The fraction of sp³-hybridized carbons (Fsp3) is 0.533. The molecule has 2 rings (SSSR count). The third-order valence-electron chi connectivity index (χ3n) is 3.38. The minimum atomic E-state index is -0.0774. The maximum atomic E-state index is 5.36. The summed E-state index contributed by atoms with van der Waals surface area (Å²) in [5, 5.41) is 8.04. The quantitative estimate of drug-likeness (QED) is 0.843. The van der Waals surface area contributed by atoms with Crippen molar-refractivity contribution >= 4 is 0 Å². The van der Waals surface area contributed by atoms with Gasteiger partial charge in [-0.05, 0) is 25.5 Å². The van der Waals surface area contributed by atoms with E-state index in [1.807, 2.05) is 11.7 Å². The van der Waals surface area contributed by atoms with Gasteiger partial charge in [0.15, 0.2) is 0 Å². The van der Waals surface area contributed by atoms with Gasteiger partial charge in [0, 0.05) is 19.4 Å². The molecule has 0 saturated heterocycles. The Labute approximate surface area is 125 Å². The standard InChI is InChI=1S/C15H23N5O/c1-5-7-16-13(12-10-11(6-2)19-20(12)3)14-15(21-4)18-9-8-17-14/h8-10,13,16H,5-7H2,1-4H3. The third-order valence-corrected chi connectivity index (χ3v) is 3.38. The molecule has 0 spiro atoms. The number of aromatic nitrogens is 4. The van der Waals surface area contributed by atoms with Gasteiger partial charge in [0.1, 0.15) is 5.69 Å². The van der Waals surface area contributed by atoms with Crippen LogP contribution in [-0.4, -0.2) is 33.4 Å². The van der Waals surface area contributed by atoms with E-state index in [1.165, 1.54) is 0 Å². The summed E-state index contributed by atoms with van der Waals surface area (Å²) in [5.74, 6) is 0.547. The van der Waals surface area contributed by atoms with Crippen LogP contribution in [-0.2, 0) is 13.5 Å². The molecular weight excluding hydrogens is 266 g/mol. The Morgan fingerprint density at radius 3 is 2.67 bits per heavy atom. The molecule has 0 fully saturated rings. The highest BCUT2D eigenvalue weighted by molar-refractivity contribution is 5.30. The van der Waals surface area contributed by atoms with Gasteiger partial charge in [0.25, 0.3) is 0 Å². The van der Waals surface area contributed by atoms with E-state index >= 15 is 0 Å². The predicted molar refractivity (Wildman–Crippen MR) is 81.3 cm³/mol. The second-order valence-corrected chi connectivity index (χ2v) is 4.88. The average Bonchev–Trinajstić information content (AvgIpc) is 2.89. The van der Waals surface area contributed by atoms with Crippen LogP contribution >= 0.6 is 0 Å². The molecule has 0 aromatic carbocycles. The van der Waals surface area contributed by atoms with E-state index in [4.69, 9.17) is 4.74 Å². The summed E-state index contributed by atoms with van der Waals surface area (Å²) in [6, 6.07) is 2.04. The largest absolute Gasteiger partial charge is 0.480 e. The van der Waals surface area contributed by atoms with Crippen LogP contribution in [0, 0.1) is 0 Å². The molecule has 0 saturated carbocycles. The van der Waals surface area contributed by atoms with E-state index in [-0.39, 0.29) is 6.04 Å². The first-order chi connectivity index (χ1) is 10.2. The molecule has 2 aromatic heterocycles. The Morgan fingerprint density at radius 2 is 2.05 bits per heavy atom. The van der Waals surface area contributed by atoms with Gasteiger partial charge in [0.2, 0.25) is 5.88 Å². The molecule has 2 heterocycles. The lowest BCUT2D eigenvalue weighted by atomic mass is 10.1. The maximum Gasteiger partial charge on any atom is 0.237 e. The maximum absolute atomic E-state index is 5.36. The Morgan fingerprint density at radius 1 is 1.29 bits per heavy atom. The smallest absolute Gasteiger partial charge is 0.237 e. The molecule has 0 radical (unpaired) electrons. The predicted octanol–water partition coefficient (Wildman–Crippen LogP) is 1.87. The highest BCUT2D eigenvalue weighted by Crippen LogP contribution is 2.26. The number of hydrogen-bond donors (Lipinski definition) is 1. The fourth-order valence-corrected chi connectivity index (χ4v) is 2.31. The van der Waals surface area contributed by atoms with E-state index in [2.05, 4.69) is 40.3 Å². The van der Waals surface area contributed by atoms with Crippen molar-refractivity contribution < 1.29 is 4.74 Å². The molecule has 1 N–H and O–H groups in total. The fourth-order valence-electron chi connectivity index (χ4n) is 2.31. The van der Waals surface area contributed by atoms with E-state index in [0.717, 1.165) is 36.5 Å². The van der Waals surface area contributed by atoms with Crippen molar-refractivity contribution in [1.29, 1.82) is 0 Å². The molecule has 1 unspecified atom stereocenters. The molecule has 0 aliphatic heterocycles. The summed E-state index contributed by atoms with van der Waals surface area (Å²) in [4.78, 5) is 8.72. The van der Waals surface area contributed by atoms with Gasteiger partial charge in [-0.2, -0.15) is 5.10 Å². The Balaban J connectivity index is 2.44. The van der Waals surface area contributed by atoms with E-state index in [9.17, 15) is 0 Å². The summed E-state index contributed by atoms with van der Waals surface area (Å²) in [5.41, 5.74) is 2.93. The van der Waals surface area contributed by atoms with Crippen molar-refractivity contribution in [1.82, 2.24) is 25.1 Å². The lowest BCUT2D eigenvalue weighted by Gasteiger charge is -2.19. The molecule has 21 heavy (non-hydrogen) atoms. The van der Waals surface area contributed by atoms with Crippen LogP contribution in [0.3, 0.4) is 0 Å². The summed E-state index contributed by atoms with van der Waals surface area (Å²) in [6.07, 6.45) is 5.28. The topological polar surface area (TPSA) is 64.9 Å². The van der Waals surface area contributed by atoms with Crippen LogP contribution in [0.4, 0.5) is 0 Å². The first-order valence-corrected chi connectivity index (χ1v) is 7.32. The zero-order chi connectivity index (χ0) is 15.2. The van der Waals surface area contributed by atoms with Gasteiger partial charge >= 0.3 is 0 Å². The second-order valence-electron chi connectivity index (χ2n) is 4.88. The molecule has 0 amide bonds.